The quantitative estimate of drug-likeness (QED) is 0.806. The molecule has 5 heteroatoms. The summed E-state index contributed by atoms with van der Waals surface area (Å²) in [6.07, 6.45) is 12.1. The van der Waals surface area contributed by atoms with Crippen molar-refractivity contribution in [1.82, 2.24) is 10.2 Å². The van der Waals surface area contributed by atoms with Gasteiger partial charge in [-0.1, -0.05) is 12.2 Å². The maximum absolute atomic E-state index is 13.0. The Balaban J connectivity index is 1.63. The third-order valence-electron chi connectivity index (χ3n) is 4.62. The zero-order chi connectivity index (χ0) is 15.0. The fourth-order valence-corrected chi connectivity index (χ4v) is 4.73. The average molecular weight is 313 g/mol. The molecule has 1 fully saturated rings. The highest BCUT2D eigenvalue weighted by atomic mass is 32.2. The van der Waals surface area contributed by atoms with E-state index in [2.05, 4.69) is 28.5 Å². The van der Waals surface area contributed by atoms with Crippen molar-refractivity contribution in [2.45, 2.75) is 17.6 Å². The summed E-state index contributed by atoms with van der Waals surface area (Å²) in [5.74, 6) is 0.170. The molecule has 0 aromatic rings. The van der Waals surface area contributed by atoms with Gasteiger partial charge in [0.2, 0.25) is 0 Å². The predicted octanol–water partition coefficient (Wildman–Crippen LogP) is 2.03. The minimum Gasteiger partial charge on any atom is -0.337 e. The summed E-state index contributed by atoms with van der Waals surface area (Å²) in [4.78, 5) is 19.5. The van der Waals surface area contributed by atoms with Crippen LogP contribution in [-0.4, -0.2) is 47.9 Å². The first-order valence-electron chi connectivity index (χ1n) is 7.82. The van der Waals surface area contributed by atoms with Crippen LogP contribution in [0, 0.1) is 0 Å². The Morgan fingerprint density at radius 1 is 1.32 bits per heavy atom. The van der Waals surface area contributed by atoms with Gasteiger partial charge in [0.05, 0.1) is 16.0 Å². The van der Waals surface area contributed by atoms with E-state index in [-0.39, 0.29) is 10.7 Å². The first-order valence-corrected chi connectivity index (χ1v) is 8.70. The molecule has 1 unspecified atom stereocenters. The van der Waals surface area contributed by atoms with Crippen molar-refractivity contribution in [2.24, 2.45) is 4.99 Å². The maximum Gasteiger partial charge on any atom is 0.254 e. The minimum absolute atomic E-state index is 0.168. The van der Waals surface area contributed by atoms with Crippen molar-refractivity contribution in [2.75, 3.05) is 26.2 Å². The van der Waals surface area contributed by atoms with Crippen molar-refractivity contribution in [3.8, 4) is 0 Å². The Hall–Kier alpha value is -1.59. The molecule has 114 valence electrons. The highest BCUT2D eigenvalue weighted by Gasteiger charge is 2.47. The number of dihydropyridines is 1. The van der Waals surface area contributed by atoms with Gasteiger partial charge in [0, 0.05) is 25.8 Å². The van der Waals surface area contributed by atoms with E-state index >= 15 is 0 Å². The number of amides is 1. The lowest BCUT2D eigenvalue weighted by Gasteiger charge is -2.34. The summed E-state index contributed by atoms with van der Waals surface area (Å²) in [6, 6.07) is 0. The van der Waals surface area contributed by atoms with E-state index in [0.29, 0.717) is 0 Å². The predicted molar refractivity (Wildman–Crippen MR) is 90.9 cm³/mol. The van der Waals surface area contributed by atoms with Crippen LogP contribution in [0.15, 0.2) is 51.5 Å². The zero-order valence-corrected chi connectivity index (χ0v) is 13.2. The molecule has 0 aromatic heterocycles. The normalized spacial score (nSPS) is 30.0. The van der Waals surface area contributed by atoms with Gasteiger partial charge in [0.15, 0.2) is 0 Å². The van der Waals surface area contributed by atoms with Gasteiger partial charge < -0.3 is 10.2 Å². The number of hydrogen-bond acceptors (Lipinski definition) is 4. The molecule has 3 heterocycles. The van der Waals surface area contributed by atoms with Gasteiger partial charge in [0.1, 0.15) is 0 Å². The third kappa shape index (κ3) is 2.11. The van der Waals surface area contributed by atoms with Crippen molar-refractivity contribution in [3.05, 3.63) is 46.6 Å². The first-order chi connectivity index (χ1) is 10.8. The molecule has 1 N–H and O–H groups in total. The number of thioether (sulfide) groups is 1. The number of rotatable bonds is 1. The van der Waals surface area contributed by atoms with E-state index in [1.807, 2.05) is 22.6 Å². The second-order valence-corrected chi connectivity index (χ2v) is 7.08. The Bertz CT molecular complexity index is 651. The van der Waals surface area contributed by atoms with Crippen LogP contribution < -0.4 is 5.32 Å². The highest BCUT2D eigenvalue weighted by molar-refractivity contribution is 8.04. The molecule has 1 atom stereocenters. The van der Waals surface area contributed by atoms with Gasteiger partial charge in [0.25, 0.3) is 5.91 Å². The zero-order valence-electron chi connectivity index (χ0n) is 12.4. The first kappa shape index (κ1) is 14.0. The standard InChI is InChI=1S/C17H19N3OS/c21-16(20-10-3-7-18-9-11-20)13-12-22-17-6-2-1-4-15(17)19-8-5-14(13)17/h1-2,4-5,8,12,18H,3,6-7,9-11H2. The molecule has 4 rings (SSSR count). The van der Waals surface area contributed by atoms with Crippen LogP contribution in [0.2, 0.25) is 0 Å². The van der Waals surface area contributed by atoms with Crippen LogP contribution in [0.1, 0.15) is 12.8 Å². The Morgan fingerprint density at radius 3 is 3.23 bits per heavy atom. The molecule has 4 aliphatic rings. The van der Waals surface area contributed by atoms with E-state index < -0.39 is 0 Å². The molecule has 0 aromatic carbocycles. The lowest BCUT2D eigenvalue weighted by molar-refractivity contribution is -0.126. The monoisotopic (exact) mass is 313 g/mol. The van der Waals surface area contributed by atoms with Crippen molar-refractivity contribution in [1.29, 1.82) is 0 Å². The summed E-state index contributed by atoms with van der Waals surface area (Å²) in [6.45, 7) is 3.50. The van der Waals surface area contributed by atoms with E-state index in [0.717, 1.165) is 55.9 Å². The third-order valence-corrected chi connectivity index (χ3v) is 5.98. The number of hydrogen-bond donors (Lipinski definition) is 1. The largest absolute Gasteiger partial charge is 0.337 e. The molecule has 4 nitrogen and oxygen atoms in total. The van der Waals surface area contributed by atoms with E-state index in [1.54, 1.807) is 11.8 Å². The lowest BCUT2D eigenvalue weighted by atomic mass is 9.83. The van der Waals surface area contributed by atoms with Crippen LogP contribution in [-0.2, 0) is 4.79 Å². The average Bonchev–Trinajstić information content (AvgIpc) is 2.74. The lowest BCUT2D eigenvalue weighted by Crippen LogP contribution is -2.38. The number of nitrogens with zero attached hydrogens (tertiary/aromatic N) is 2. The second-order valence-electron chi connectivity index (χ2n) is 5.91. The Labute approximate surface area is 134 Å². The van der Waals surface area contributed by atoms with Gasteiger partial charge in [-0.05, 0) is 42.5 Å². The second kappa shape index (κ2) is 5.56. The molecule has 1 amide bonds. The fourth-order valence-electron chi connectivity index (χ4n) is 3.44. The van der Waals surface area contributed by atoms with Gasteiger partial charge in [-0.3, -0.25) is 9.79 Å². The smallest absolute Gasteiger partial charge is 0.254 e. The molecule has 1 saturated heterocycles. The SMILES string of the molecule is O=C(C1=CSC23CC=CC=C2N=CC=C13)N1CCCNCC1. The maximum atomic E-state index is 13.0. The molecule has 0 bridgehead atoms. The molecular weight excluding hydrogens is 294 g/mol. The summed E-state index contributed by atoms with van der Waals surface area (Å²) in [5, 5.41) is 5.40. The number of allylic oxidation sites excluding steroid dienone is 4. The molecule has 0 radical (unpaired) electrons. The van der Waals surface area contributed by atoms with Gasteiger partial charge in [-0.2, -0.15) is 0 Å². The highest BCUT2D eigenvalue weighted by Crippen LogP contribution is 2.54. The molecule has 1 spiro atoms. The van der Waals surface area contributed by atoms with E-state index in [9.17, 15) is 4.79 Å². The van der Waals surface area contributed by atoms with Crippen LogP contribution in [0.3, 0.4) is 0 Å². The molecule has 1 aliphatic carbocycles. The van der Waals surface area contributed by atoms with Crippen molar-refractivity contribution >= 4 is 23.9 Å². The molecule has 22 heavy (non-hydrogen) atoms. The number of nitrogens with one attached hydrogen (secondary N) is 1. The number of carbonyl (C=O) groups is 1. The van der Waals surface area contributed by atoms with Gasteiger partial charge >= 0.3 is 0 Å². The van der Waals surface area contributed by atoms with Gasteiger partial charge in [-0.15, -0.1) is 11.8 Å². The minimum atomic E-state index is -0.168. The van der Waals surface area contributed by atoms with Crippen LogP contribution >= 0.6 is 11.8 Å². The summed E-state index contributed by atoms with van der Waals surface area (Å²) in [5.41, 5.74) is 3.05. The van der Waals surface area contributed by atoms with E-state index in [4.69, 9.17) is 0 Å². The van der Waals surface area contributed by atoms with Crippen molar-refractivity contribution < 1.29 is 4.79 Å². The van der Waals surface area contributed by atoms with Gasteiger partial charge in [-0.25, -0.2) is 0 Å². The summed E-state index contributed by atoms with van der Waals surface area (Å²) < 4.78 is -0.168. The van der Waals surface area contributed by atoms with Crippen molar-refractivity contribution in [3.63, 3.8) is 0 Å². The number of carbonyl (C=O) groups excluding carboxylic acids is 1. The molecular formula is C17H19N3OS. The van der Waals surface area contributed by atoms with Crippen LogP contribution in [0.4, 0.5) is 0 Å². The van der Waals surface area contributed by atoms with Crippen LogP contribution in [0.5, 0.6) is 0 Å². The summed E-state index contributed by atoms with van der Waals surface area (Å²) in [7, 11) is 0. The molecule has 3 aliphatic heterocycles. The number of aliphatic imine (C=N–C) groups is 1. The topological polar surface area (TPSA) is 44.7 Å². The molecule has 0 saturated carbocycles. The Morgan fingerprint density at radius 2 is 2.27 bits per heavy atom. The van der Waals surface area contributed by atoms with Crippen LogP contribution in [0.25, 0.3) is 0 Å². The fraction of sp³-hybridized carbons (Fsp3) is 0.412. The van der Waals surface area contributed by atoms with E-state index in [1.165, 1.54) is 0 Å². The summed E-state index contributed by atoms with van der Waals surface area (Å²) >= 11 is 1.74. The Kier molecular flexibility index (Phi) is 3.54.